The summed E-state index contributed by atoms with van der Waals surface area (Å²) in [6.45, 7) is 9.41. The number of methoxy groups -OCH3 is 1. The van der Waals surface area contributed by atoms with Crippen LogP contribution >= 0.6 is 0 Å². The molecule has 1 heterocycles. The smallest absolute Gasteiger partial charge is 0.169 e. The maximum absolute atomic E-state index is 14.2. The molecule has 118 valence electrons. The molecule has 1 aromatic rings. The topological polar surface area (TPSA) is 41.7 Å². The van der Waals surface area contributed by atoms with Crippen LogP contribution in [0.5, 0.6) is 5.75 Å². The lowest BCUT2D eigenvalue weighted by Gasteiger charge is -2.43. The van der Waals surface area contributed by atoms with E-state index in [9.17, 15) is 4.39 Å². The van der Waals surface area contributed by atoms with Crippen LogP contribution < -0.4 is 10.5 Å². The largest absolute Gasteiger partial charge is 0.494 e. The molecule has 2 rings (SSSR count). The highest BCUT2D eigenvalue weighted by atomic mass is 19.1. The first kappa shape index (κ1) is 16.2. The van der Waals surface area contributed by atoms with E-state index in [1.807, 2.05) is 12.1 Å². The summed E-state index contributed by atoms with van der Waals surface area (Å²) in [6, 6.07) is 5.32. The van der Waals surface area contributed by atoms with Gasteiger partial charge >= 0.3 is 0 Å². The van der Waals surface area contributed by atoms with Gasteiger partial charge in [-0.1, -0.05) is 12.1 Å². The molecule has 21 heavy (non-hydrogen) atoms. The molecule has 0 aliphatic carbocycles. The first-order valence-corrected chi connectivity index (χ1v) is 7.47. The quantitative estimate of drug-likeness (QED) is 0.897. The molecule has 0 spiro atoms. The van der Waals surface area contributed by atoms with Gasteiger partial charge in [0.15, 0.2) is 11.6 Å². The Bertz CT molecular complexity index is 471. The molecular weight excluding hydrogens is 269 g/mol. The molecule has 0 amide bonds. The lowest BCUT2D eigenvalue weighted by molar-refractivity contribution is 0.0533. The zero-order chi connectivity index (χ0) is 15.5. The SMILES string of the molecule is COc1cccc(CN2CCN(C(C)(C)CN)CC2)c1F. The minimum absolute atomic E-state index is 0.0350. The minimum atomic E-state index is -0.246. The highest BCUT2D eigenvalue weighted by Gasteiger charge is 2.28. The second-order valence-corrected chi connectivity index (χ2v) is 6.21. The van der Waals surface area contributed by atoms with Gasteiger partial charge in [-0.15, -0.1) is 0 Å². The fourth-order valence-electron chi connectivity index (χ4n) is 2.72. The number of piperazine rings is 1. The Balaban J connectivity index is 1.95. The molecule has 0 radical (unpaired) electrons. The molecule has 0 atom stereocenters. The summed E-state index contributed by atoms with van der Waals surface area (Å²) in [6.07, 6.45) is 0. The molecule has 4 nitrogen and oxygen atoms in total. The summed E-state index contributed by atoms with van der Waals surface area (Å²) >= 11 is 0. The number of rotatable bonds is 5. The molecule has 1 aliphatic heterocycles. The zero-order valence-electron chi connectivity index (χ0n) is 13.2. The van der Waals surface area contributed by atoms with Crippen molar-refractivity contribution in [1.82, 2.24) is 9.80 Å². The van der Waals surface area contributed by atoms with E-state index in [1.165, 1.54) is 7.11 Å². The van der Waals surface area contributed by atoms with Crippen LogP contribution in [0.1, 0.15) is 19.4 Å². The van der Waals surface area contributed by atoms with Gasteiger partial charge in [0.25, 0.3) is 0 Å². The molecule has 1 aliphatic rings. The van der Waals surface area contributed by atoms with E-state index in [2.05, 4.69) is 23.6 Å². The number of nitrogens with two attached hydrogens (primary N) is 1. The van der Waals surface area contributed by atoms with Crippen molar-refractivity contribution < 1.29 is 9.13 Å². The van der Waals surface area contributed by atoms with Crippen molar-refractivity contribution in [3.63, 3.8) is 0 Å². The molecule has 0 bridgehead atoms. The van der Waals surface area contributed by atoms with Gasteiger partial charge in [-0.2, -0.15) is 0 Å². The molecule has 1 fully saturated rings. The predicted octanol–water partition coefficient (Wildman–Crippen LogP) is 1.69. The average molecular weight is 295 g/mol. The van der Waals surface area contributed by atoms with Gasteiger partial charge in [-0.3, -0.25) is 9.80 Å². The van der Waals surface area contributed by atoms with Crippen LogP contribution in [0.4, 0.5) is 4.39 Å². The maximum Gasteiger partial charge on any atom is 0.169 e. The van der Waals surface area contributed by atoms with Crippen LogP contribution in [0, 0.1) is 5.82 Å². The zero-order valence-corrected chi connectivity index (χ0v) is 13.2. The van der Waals surface area contributed by atoms with Gasteiger partial charge in [0.1, 0.15) is 0 Å². The van der Waals surface area contributed by atoms with E-state index >= 15 is 0 Å². The van der Waals surface area contributed by atoms with Gasteiger partial charge in [0, 0.05) is 50.4 Å². The van der Waals surface area contributed by atoms with Gasteiger partial charge in [0.05, 0.1) is 7.11 Å². The van der Waals surface area contributed by atoms with Crippen LogP contribution in [-0.4, -0.2) is 55.2 Å². The third-order valence-corrected chi connectivity index (χ3v) is 4.39. The monoisotopic (exact) mass is 295 g/mol. The molecule has 0 saturated carbocycles. The van der Waals surface area contributed by atoms with Crippen molar-refractivity contribution in [3.8, 4) is 5.75 Å². The highest BCUT2D eigenvalue weighted by molar-refractivity contribution is 5.31. The standard InChI is InChI=1S/C16H26FN3O/c1-16(2,12-18)20-9-7-19(8-10-20)11-13-5-4-6-14(21-3)15(13)17/h4-6H,7-12,18H2,1-3H3. The van der Waals surface area contributed by atoms with E-state index in [4.69, 9.17) is 10.5 Å². The third-order valence-electron chi connectivity index (χ3n) is 4.39. The van der Waals surface area contributed by atoms with Gasteiger partial charge < -0.3 is 10.5 Å². The Morgan fingerprint density at radius 3 is 2.48 bits per heavy atom. The summed E-state index contributed by atoms with van der Waals surface area (Å²) in [5.74, 6) is 0.0696. The van der Waals surface area contributed by atoms with Crippen LogP contribution in [0.25, 0.3) is 0 Å². The van der Waals surface area contributed by atoms with Crippen molar-refractivity contribution in [2.75, 3.05) is 39.8 Å². The Morgan fingerprint density at radius 1 is 1.24 bits per heavy atom. The normalized spacial score (nSPS) is 18.0. The van der Waals surface area contributed by atoms with E-state index in [-0.39, 0.29) is 11.4 Å². The van der Waals surface area contributed by atoms with Crippen LogP contribution in [-0.2, 0) is 6.54 Å². The summed E-state index contributed by atoms with van der Waals surface area (Å²) in [5.41, 5.74) is 6.56. The average Bonchev–Trinajstić information content (AvgIpc) is 2.50. The highest BCUT2D eigenvalue weighted by Crippen LogP contribution is 2.22. The number of nitrogens with zero attached hydrogens (tertiary/aromatic N) is 2. The first-order valence-electron chi connectivity index (χ1n) is 7.47. The fraction of sp³-hybridized carbons (Fsp3) is 0.625. The number of halogens is 1. The third kappa shape index (κ3) is 3.73. The second-order valence-electron chi connectivity index (χ2n) is 6.21. The van der Waals surface area contributed by atoms with E-state index in [1.54, 1.807) is 6.07 Å². The molecule has 0 aromatic heterocycles. The van der Waals surface area contributed by atoms with Crippen molar-refractivity contribution in [2.45, 2.75) is 25.9 Å². The fourth-order valence-corrected chi connectivity index (χ4v) is 2.72. The summed E-state index contributed by atoms with van der Waals surface area (Å²) in [7, 11) is 1.50. The van der Waals surface area contributed by atoms with Crippen LogP contribution in [0.2, 0.25) is 0 Å². The van der Waals surface area contributed by atoms with Crippen LogP contribution in [0.15, 0.2) is 18.2 Å². The van der Waals surface area contributed by atoms with Crippen molar-refractivity contribution in [1.29, 1.82) is 0 Å². The van der Waals surface area contributed by atoms with E-state index < -0.39 is 0 Å². The molecule has 5 heteroatoms. The maximum atomic E-state index is 14.2. The van der Waals surface area contributed by atoms with E-state index in [0.29, 0.717) is 24.4 Å². The van der Waals surface area contributed by atoms with Crippen molar-refractivity contribution in [3.05, 3.63) is 29.6 Å². The minimum Gasteiger partial charge on any atom is -0.494 e. The number of hydrogen-bond donors (Lipinski definition) is 1. The van der Waals surface area contributed by atoms with Crippen LogP contribution in [0.3, 0.4) is 0 Å². The number of benzene rings is 1. The van der Waals surface area contributed by atoms with Gasteiger partial charge in [0.2, 0.25) is 0 Å². The lowest BCUT2D eigenvalue weighted by atomic mass is 10.0. The Hall–Kier alpha value is -1.17. The van der Waals surface area contributed by atoms with Gasteiger partial charge in [-0.25, -0.2) is 4.39 Å². The molecule has 0 unspecified atom stereocenters. The predicted molar refractivity (Wildman–Crippen MR) is 82.9 cm³/mol. The molecular formula is C16H26FN3O. The number of ether oxygens (including phenoxy) is 1. The summed E-state index contributed by atoms with van der Waals surface area (Å²) < 4.78 is 19.2. The summed E-state index contributed by atoms with van der Waals surface area (Å²) in [5, 5.41) is 0. The van der Waals surface area contributed by atoms with Gasteiger partial charge in [-0.05, 0) is 19.9 Å². The molecule has 1 saturated heterocycles. The number of hydrogen-bond acceptors (Lipinski definition) is 4. The second kappa shape index (κ2) is 6.73. The lowest BCUT2D eigenvalue weighted by Crippen LogP contribution is -2.57. The Morgan fingerprint density at radius 2 is 1.90 bits per heavy atom. The van der Waals surface area contributed by atoms with Crippen molar-refractivity contribution in [2.24, 2.45) is 5.73 Å². The Labute approximate surface area is 126 Å². The first-order chi connectivity index (χ1) is 9.97. The molecule has 2 N–H and O–H groups in total. The molecule has 1 aromatic carbocycles. The van der Waals surface area contributed by atoms with Crippen molar-refractivity contribution >= 4 is 0 Å². The Kier molecular flexibility index (Phi) is 5.19. The summed E-state index contributed by atoms with van der Waals surface area (Å²) in [4.78, 5) is 4.69. The van der Waals surface area contributed by atoms with E-state index in [0.717, 1.165) is 26.2 Å².